The molecule has 0 aliphatic carbocycles. The molecule has 0 N–H and O–H groups in total. The zero-order chi connectivity index (χ0) is 67.8. The Labute approximate surface area is 591 Å². The first-order valence-corrected chi connectivity index (χ1v) is 35.1. The maximum atomic E-state index is 2.37. The van der Waals surface area contributed by atoms with Crippen molar-refractivity contribution in [3.05, 3.63) is 399 Å². The van der Waals surface area contributed by atoms with E-state index >= 15 is 0 Å². The largest absolute Gasteiger partial charge is 0.0622 e. The molecule has 0 saturated carbocycles. The van der Waals surface area contributed by atoms with Crippen molar-refractivity contribution in [3.63, 3.8) is 0 Å². The monoisotopic (exact) mass is 1280 g/mol. The predicted octanol–water partition coefficient (Wildman–Crippen LogP) is 28.5. The maximum absolute atomic E-state index is 2.37. The van der Waals surface area contributed by atoms with E-state index in [4.69, 9.17) is 0 Å². The summed E-state index contributed by atoms with van der Waals surface area (Å²) in [5.41, 5.74) is 24.3. The molecule has 476 valence electrons. The van der Waals surface area contributed by atoms with Gasteiger partial charge in [-0.3, -0.25) is 0 Å². The summed E-state index contributed by atoms with van der Waals surface area (Å²) >= 11 is 0. The van der Waals surface area contributed by atoms with Crippen molar-refractivity contribution in [3.8, 4) is 89.0 Å². The molecule has 19 aromatic rings. The molecule has 0 unspecified atom stereocenters. The van der Waals surface area contributed by atoms with E-state index in [1.54, 1.807) is 0 Å². The van der Waals surface area contributed by atoms with Crippen LogP contribution in [0.2, 0.25) is 0 Å². The average Bonchev–Trinajstić information content (AvgIpc) is 0.741. The lowest BCUT2D eigenvalue weighted by molar-refractivity contribution is 1.51. The summed E-state index contributed by atoms with van der Waals surface area (Å²) in [4.78, 5) is 0. The van der Waals surface area contributed by atoms with Crippen molar-refractivity contribution in [2.24, 2.45) is 0 Å². The van der Waals surface area contributed by atoms with Crippen LogP contribution in [0.3, 0.4) is 0 Å². The first-order valence-electron chi connectivity index (χ1n) is 35.1. The highest BCUT2D eigenvalue weighted by molar-refractivity contribution is 6.27. The van der Waals surface area contributed by atoms with E-state index in [2.05, 4.69) is 403 Å². The Morgan fingerprint density at radius 3 is 0.891 bits per heavy atom. The standard InChI is InChI=1S/C39H28.C35H24.C27H20/c1-27-22-23-36-37(24-27)39(33-19-11-17-31(26-33)29-14-6-3-7-15-29)35-21-9-8-20-34(35)38(36)32-18-10-16-30(25-32)28-12-4-2-5-13-28;1-23-20-21-32-33(22-23)35(29-19-9-13-25-11-3-5-15-27(25)29)31-17-7-6-16-30(31)34(32)28-18-8-12-24-10-2-4-14-26(24)28;1-19-11-10-18-24-25(19)27(21-14-6-3-7-15-21)23-17-9-8-16-22(23)26(24)20-12-4-2-5-13-20/h2-26H,1H3;2-22H,1H3;2-18H,1H3. The molecule has 0 aromatic heterocycles. The summed E-state index contributed by atoms with van der Waals surface area (Å²) in [5.74, 6) is 0. The van der Waals surface area contributed by atoms with Crippen LogP contribution in [0.5, 0.6) is 0 Å². The van der Waals surface area contributed by atoms with Crippen LogP contribution in [-0.4, -0.2) is 0 Å². The van der Waals surface area contributed by atoms with Crippen LogP contribution in [0, 0.1) is 20.8 Å². The second-order valence-electron chi connectivity index (χ2n) is 26.7. The van der Waals surface area contributed by atoms with Crippen LogP contribution < -0.4 is 0 Å². The highest BCUT2D eigenvalue weighted by atomic mass is 14.3. The van der Waals surface area contributed by atoms with Crippen molar-refractivity contribution in [2.75, 3.05) is 0 Å². The van der Waals surface area contributed by atoms with Gasteiger partial charge < -0.3 is 0 Å². The lowest BCUT2D eigenvalue weighted by Gasteiger charge is -2.20. The van der Waals surface area contributed by atoms with Crippen LogP contribution in [0.15, 0.2) is 382 Å². The van der Waals surface area contributed by atoms with Gasteiger partial charge >= 0.3 is 0 Å². The quantitative estimate of drug-likeness (QED) is 0.133. The van der Waals surface area contributed by atoms with E-state index in [1.165, 1.54) is 192 Å². The third-order valence-electron chi connectivity index (χ3n) is 20.4. The Hall–Kier alpha value is -12.7. The highest BCUT2D eigenvalue weighted by Crippen LogP contribution is 2.50. The second kappa shape index (κ2) is 26.9. The van der Waals surface area contributed by atoms with Crippen LogP contribution in [0.1, 0.15) is 16.7 Å². The molecule has 0 aliphatic rings. The van der Waals surface area contributed by atoms with Crippen molar-refractivity contribution < 1.29 is 0 Å². The van der Waals surface area contributed by atoms with Crippen LogP contribution in [-0.2, 0) is 0 Å². The molecule has 0 bridgehead atoms. The molecule has 0 spiro atoms. The summed E-state index contributed by atoms with van der Waals surface area (Å²) < 4.78 is 0. The van der Waals surface area contributed by atoms with Crippen molar-refractivity contribution in [1.29, 1.82) is 0 Å². The van der Waals surface area contributed by atoms with Gasteiger partial charge in [-0.1, -0.05) is 381 Å². The fourth-order valence-corrected chi connectivity index (χ4v) is 15.9. The minimum Gasteiger partial charge on any atom is -0.0622 e. The lowest BCUT2D eigenvalue weighted by atomic mass is 9.83. The molecule has 0 heteroatoms. The summed E-state index contributed by atoms with van der Waals surface area (Å²) in [6, 6.07) is 139. The molecule has 0 amide bonds. The molecule has 0 heterocycles. The Morgan fingerprint density at radius 1 is 0.149 bits per heavy atom. The number of aryl methyl sites for hydroxylation is 3. The van der Waals surface area contributed by atoms with E-state index in [1.807, 2.05) is 0 Å². The van der Waals surface area contributed by atoms with E-state index in [0.29, 0.717) is 0 Å². The Balaban J connectivity index is 0.000000115. The zero-order valence-corrected chi connectivity index (χ0v) is 56.9. The van der Waals surface area contributed by atoms with Crippen LogP contribution in [0.25, 0.3) is 175 Å². The SMILES string of the molecule is Cc1ccc2c(-c3cccc(-c4ccccc4)c3)c3ccccc3c(-c3cccc(-c4ccccc4)c3)c2c1.Cc1ccc2c(-c3cccc4ccccc34)c3ccccc3c(-c3cccc4ccccc34)c2c1.Cc1cccc2c(-c3ccccc3)c3ccccc3c(-c3ccccc3)c12. The molecule has 19 aromatic carbocycles. The number of fused-ring (bicyclic) bond motifs is 8. The first-order chi connectivity index (χ1) is 49.9. The molecule has 0 aliphatic heterocycles. The van der Waals surface area contributed by atoms with Gasteiger partial charge in [0, 0.05) is 0 Å². The minimum atomic E-state index is 1.23. The third-order valence-corrected chi connectivity index (χ3v) is 20.4. The van der Waals surface area contributed by atoms with Gasteiger partial charge in [-0.2, -0.15) is 0 Å². The highest BCUT2D eigenvalue weighted by Gasteiger charge is 2.22. The summed E-state index contributed by atoms with van der Waals surface area (Å²) in [6.45, 7) is 6.60. The average molecular weight is 1290 g/mol. The summed E-state index contributed by atoms with van der Waals surface area (Å²) in [6.07, 6.45) is 0. The topological polar surface area (TPSA) is 0 Å². The van der Waals surface area contributed by atoms with Crippen molar-refractivity contribution in [2.45, 2.75) is 20.8 Å². The first kappa shape index (κ1) is 61.8. The molecule has 0 radical (unpaired) electrons. The molecular formula is C101H72. The minimum absolute atomic E-state index is 1.23. The number of hydrogen-bond donors (Lipinski definition) is 0. The van der Waals surface area contributed by atoms with Gasteiger partial charge in [-0.25, -0.2) is 0 Å². The molecule has 0 fully saturated rings. The summed E-state index contributed by atoms with van der Waals surface area (Å²) in [5, 5.41) is 20.7. The second-order valence-corrected chi connectivity index (χ2v) is 26.7. The molecular weight excluding hydrogens is 1210 g/mol. The molecule has 19 rings (SSSR count). The molecule has 0 nitrogen and oxygen atoms in total. The van der Waals surface area contributed by atoms with Crippen molar-refractivity contribution >= 4 is 86.2 Å². The molecule has 0 atom stereocenters. The van der Waals surface area contributed by atoms with Crippen LogP contribution >= 0.6 is 0 Å². The van der Waals surface area contributed by atoms with Gasteiger partial charge in [0.25, 0.3) is 0 Å². The van der Waals surface area contributed by atoms with Gasteiger partial charge in [0.1, 0.15) is 0 Å². The van der Waals surface area contributed by atoms with Crippen LogP contribution in [0.4, 0.5) is 0 Å². The maximum Gasteiger partial charge on any atom is -0.00200 e. The van der Waals surface area contributed by atoms with Gasteiger partial charge in [0.15, 0.2) is 0 Å². The van der Waals surface area contributed by atoms with Gasteiger partial charge in [-0.05, 0) is 214 Å². The van der Waals surface area contributed by atoms with Gasteiger partial charge in [-0.15, -0.1) is 0 Å². The Kier molecular flexibility index (Phi) is 16.5. The number of rotatable bonds is 8. The van der Waals surface area contributed by atoms with Crippen molar-refractivity contribution in [1.82, 2.24) is 0 Å². The van der Waals surface area contributed by atoms with E-state index in [-0.39, 0.29) is 0 Å². The normalized spacial score (nSPS) is 11.3. The third kappa shape index (κ3) is 11.6. The van der Waals surface area contributed by atoms with E-state index < -0.39 is 0 Å². The fourth-order valence-electron chi connectivity index (χ4n) is 15.9. The number of benzene rings is 19. The number of hydrogen-bond acceptors (Lipinski definition) is 0. The molecule has 101 heavy (non-hydrogen) atoms. The van der Waals surface area contributed by atoms with Gasteiger partial charge in [0.05, 0.1) is 0 Å². The van der Waals surface area contributed by atoms with E-state index in [0.717, 1.165) is 0 Å². The Morgan fingerprint density at radius 2 is 0.426 bits per heavy atom. The summed E-state index contributed by atoms with van der Waals surface area (Å²) in [7, 11) is 0. The smallest absolute Gasteiger partial charge is 0.00200 e. The fraction of sp³-hybridized carbons (Fsp3) is 0.0297. The molecule has 0 saturated heterocycles. The van der Waals surface area contributed by atoms with Gasteiger partial charge in [0.2, 0.25) is 0 Å². The zero-order valence-electron chi connectivity index (χ0n) is 56.9. The Bertz CT molecular complexity index is 6310. The predicted molar refractivity (Wildman–Crippen MR) is 437 cm³/mol. The lowest BCUT2D eigenvalue weighted by Crippen LogP contribution is -1.93. The van der Waals surface area contributed by atoms with E-state index in [9.17, 15) is 0 Å².